The molecular weight excluding hydrogens is 276 g/mol. The fourth-order valence-electron chi connectivity index (χ4n) is 1.13. The number of aromatic carboxylic acids is 1. The minimum atomic E-state index is -1.07. The van der Waals surface area contributed by atoms with Gasteiger partial charge in [-0.25, -0.2) is 9.78 Å². The molecule has 0 saturated carbocycles. The van der Waals surface area contributed by atoms with Crippen molar-refractivity contribution in [1.82, 2.24) is 10.3 Å². The Morgan fingerprint density at radius 3 is 2.83 bits per heavy atom. The third-order valence-corrected chi connectivity index (χ3v) is 3.05. The number of hydrogen-bond donors (Lipinski definition) is 2. The van der Waals surface area contributed by atoms with Gasteiger partial charge in [-0.15, -0.1) is 0 Å². The highest BCUT2D eigenvalue weighted by molar-refractivity contribution is 7.99. The quantitative estimate of drug-likeness (QED) is 0.619. The summed E-state index contributed by atoms with van der Waals surface area (Å²) in [6.07, 6.45) is 0.870. The van der Waals surface area contributed by atoms with Gasteiger partial charge in [0.25, 0.3) is 0 Å². The summed E-state index contributed by atoms with van der Waals surface area (Å²) in [6.45, 7) is 2.59. The lowest BCUT2D eigenvalue weighted by atomic mass is 10.3. The molecule has 0 spiro atoms. The van der Waals surface area contributed by atoms with E-state index in [2.05, 4.69) is 10.3 Å². The molecule has 1 aromatic heterocycles. The molecule has 0 aromatic carbocycles. The minimum absolute atomic E-state index is 0.0615. The van der Waals surface area contributed by atoms with Crippen LogP contribution in [-0.4, -0.2) is 34.3 Å². The van der Waals surface area contributed by atoms with Gasteiger partial charge in [-0.05, 0) is 18.6 Å². The first-order valence-corrected chi connectivity index (χ1v) is 6.69. The topological polar surface area (TPSA) is 79.3 Å². The summed E-state index contributed by atoms with van der Waals surface area (Å²) in [5, 5.41) is 12.1. The summed E-state index contributed by atoms with van der Waals surface area (Å²) in [4.78, 5) is 26.1. The molecule has 0 radical (unpaired) electrons. The van der Waals surface area contributed by atoms with E-state index in [1.165, 1.54) is 12.1 Å². The zero-order valence-corrected chi connectivity index (χ0v) is 11.3. The number of thioether (sulfide) groups is 1. The van der Waals surface area contributed by atoms with E-state index >= 15 is 0 Å². The van der Waals surface area contributed by atoms with Crippen molar-refractivity contribution < 1.29 is 14.7 Å². The molecule has 1 rings (SSSR count). The molecule has 7 heteroatoms. The van der Waals surface area contributed by atoms with E-state index in [-0.39, 0.29) is 22.4 Å². The van der Waals surface area contributed by atoms with Gasteiger partial charge in [0, 0.05) is 6.54 Å². The number of carboxylic acid groups (broad SMARTS) is 1. The van der Waals surface area contributed by atoms with Crippen LogP contribution in [0.4, 0.5) is 0 Å². The summed E-state index contributed by atoms with van der Waals surface area (Å²) in [7, 11) is 0. The van der Waals surface area contributed by atoms with E-state index in [1.54, 1.807) is 0 Å². The fourth-order valence-corrected chi connectivity index (χ4v) is 2.14. The molecule has 0 bridgehead atoms. The first-order chi connectivity index (χ1) is 8.52. The fraction of sp³-hybridized carbons (Fsp3) is 0.364. The predicted molar refractivity (Wildman–Crippen MR) is 70.2 cm³/mol. The van der Waals surface area contributed by atoms with Gasteiger partial charge in [-0.2, -0.15) is 0 Å². The molecule has 0 aliphatic rings. The van der Waals surface area contributed by atoms with Crippen LogP contribution in [0.15, 0.2) is 17.2 Å². The van der Waals surface area contributed by atoms with Crippen molar-refractivity contribution in [1.29, 1.82) is 0 Å². The van der Waals surface area contributed by atoms with E-state index in [0.29, 0.717) is 11.6 Å². The SMILES string of the molecule is CCCNC(=O)CSc1cc(C(=O)O)cc(Cl)n1. The zero-order chi connectivity index (χ0) is 13.5. The number of hydrogen-bond acceptors (Lipinski definition) is 4. The van der Waals surface area contributed by atoms with Crippen molar-refractivity contribution in [3.05, 3.63) is 22.8 Å². The molecule has 1 heterocycles. The maximum absolute atomic E-state index is 11.4. The highest BCUT2D eigenvalue weighted by Gasteiger charge is 2.09. The Balaban J connectivity index is 2.62. The molecule has 18 heavy (non-hydrogen) atoms. The van der Waals surface area contributed by atoms with Crippen LogP contribution >= 0.6 is 23.4 Å². The van der Waals surface area contributed by atoms with Gasteiger partial charge in [0.1, 0.15) is 5.15 Å². The maximum Gasteiger partial charge on any atom is 0.335 e. The summed E-state index contributed by atoms with van der Waals surface area (Å²) < 4.78 is 0. The van der Waals surface area contributed by atoms with E-state index in [0.717, 1.165) is 18.2 Å². The average molecular weight is 289 g/mol. The van der Waals surface area contributed by atoms with Gasteiger partial charge in [0.2, 0.25) is 5.91 Å². The highest BCUT2D eigenvalue weighted by atomic mass is 35.5. The van der Waals surface area contributed by atoms with Crippen LogP contribution in [0.25, 0.3) is 0 Å². The van der Waals surface area contributed by atoms with Crippen LogP contribution in [0.1, 0.15) is 23.7 Å². The normalized spacial score (nSPS) is 10.1. The van der Waals surface area contributed by atoms with Crippen LogP contribution in [0.5, 0.6) is 0 Å². The number of amides is 1. The lowest BCUT2D eigenvalue weighted by Crippen LogP contribution is -2.25. The van der Waals surface area contributed by atoms with E-state index in [4.69, 9.17) is 16.7 Å². The maximum atomic E-state index is 11.4. The van der Waals surface area contributed by atoms with Gasteiger partial charge >= 0.3 is 5.97 Å². The molecule has 0 aliphatic heterocycles. The number of carbonyl (C=O) groups excluding carboxylic acids is 1. The van der Waals surface area contributed by atoms with Gasteiger partial charge in [0.05, 0.1) is 16.3 Å². The predicted octanol–water partition coefficient (Wildman–Crippen LogP) is 2.05. The van der Waals surface area contributed by atoms with Crippen molar-refractivity contribution in [2.75, 3.05) is 12.3 Å². The van der Waals surface area contributed by atoms with Gasteiger partial charge < -0.3 is 10.4 Å². The number of carboxylic acids is 1. The minimum Gasteiger partial charge on any atom is -0.478 e. The standard InChI is InChI=1S/C11H13ClN2O3S/c1-2-3-13-9(15)6-18-10-5-7(11(16)17)4-8(12)14-10/h4-5H,2-3,6H2,1H3,(H,13,15)(H,16,17). The molecule has 0 atom stereocenters. The second-order valence-corrected chi connectivity index (χ2v) is 4.84. The average Bonchev–Trinajstić information content (AvgIpc) is 2.33. The van der Waals surface area contributed by atoms with Crippen molar-refractivity contribution >= 4 is 35.2 Å². The van der Waals surface area contributed by atoms with E-state index in [9.17, 15) is 9.59 Å². The Morgan fingerprint density at radius 2 is 2.22 bits per heavy atom. The number of carbonyl (C=O) groups is 2. The first-order valence-electron chi connectivity index (χ1n) is 5.33. The Bertz CT molecular complexity index is 454. The molecular formula is C11H13ClN2O3S. The van der Waals surface area contributed by atoms with Crippen LogP contribution < -0.4 is 5.32 Å². The van der Waals surface area contributed by atoms with Crippen molar-refractivity contribution in [2.45, 2.75) is 18.4 Å². The molecule has 98 valence electrons. The van der Waals surface area contributed by atoms with E-state index in [1.807, 2.05) is 6.92 Å². The monoisotopic (exact) mass is 288 g/mol. The van der Waals surface area contributed by atoms with Crippen LogP contribution in [0.2, 0.25) is 5.15 Å². The summed E-state index contributed by atoms with van der Waals surface area (Å²) in [5.74, 6) is -0.996. The molecule has 0 aliphatic carbocycles. The molecule has 1 aromatic rings. The Labute approximate surface area is 114 Å². The first kappa shape index (κ1) is 14.8. The van der Waals surface area contributed by atoms with Crippen LogP contribution in [0.3, 0.4) is 0 Å². The van der Waals surface area contributed by atoms with Gasteiger partial charge in [0.15, 0.2) is 0 Å². The van der Waals surface area contributed by atoms with E-state index < -0.39 is 5.97 Å². The third kappa shape index (κ3) is 4.93. The Morgan fingerprint density at radius 1 is 1.50 bits per heavy atom. The van der Waals surface area contributed by atoms with Gasteiger partial charge in [-0.1, -0.05) is 30.3 Å². The number of rotatable bonds is 6. The zero-order valence-electron chi connectivity index (χ0n) is 9.77. The summed E-state index contributed by atoms with van der Waals surface area (Å²) in [6, 6.07) is 2.66. The molecule has 0 saturated heterocycles. The summed E-state index contributed by atoms with van der Waals surface area (Å²) >= 11 is 6.86. The number of halogens is 1. The Hall–Kier alpha value is -1.27. The van der Waals surface area contributed by atoms with Crippen molar-refractivity contribution in [3.8, 4) is 0 Å². The smallest absolute Gasteiger partial charge is 0.335 e. The second kappa shape index (κ2) is 7.23. The third-order valence-electron chi connectivity index (χ3n) is 1.94. The number of nitrogens with one attached hydrogen (secondary N) is 1. The Kier molecular flexibility index (Phi) is 5.94. The largest absolute Gasteiger partial charge is 0.478 e. The molecule has 0 fully saturated rings. The number of pyridine rings is 1. The van der Waals surface area contributed by atoms with Crippen LogP contribution in [-0.2, 0) is 4.79 Å². The van der Waals surface area contributed by atoms with Crippen LogP contribution in [0, 0.1) is 0 Å². The number of aromatic nitrogens is 1. The summed E-state index contributed by atoms with van der Waals surface area (Å²) in [5.41, 5.74) is 0.0615. The lowest BCUT2D eigenvalue weighted by Gasteiger charge is -2.04. The van der Waals surface area contributed by atoms with Gasteiger partial charge in [-0.3, -0.25) is 4.79 Å². The van der Waals surface area contributed by atoms with Crippen molar-refractivity contribution in [3.63, 3.8) is 0 Å². The van der Waals surface area contributed by atoms with Crippen molar-refractivity contribution in [2.24, 2.45) is 0 Å². The molecule has 2 N–H and O–H groups in total. The molecule has 1 amide bonds. The second-order valence-electron chi connectivity index (χ2n) is 3.46. The molecule has 5 nitrogen and oxygen atoms in total. The number of nitrogens with zero attached hydrogens (tertiary/aromatic N) is 1. The molecule has 0 unspecified atom stereocenters. The lowest BCUT2D eigenvalue weighted by molar-refractivity contribution is -0.118. The highest BCUT2D eigenvalue weighted by Crippen LogP contribution is 2.20.